The first-order chi connectivity index (χ1) is 10.4. The lowest BCUT2D eigenvalue weighted by Gasteiger charge is -2.14. The van der Waals surface area contributed by atoms with Crippen molar-refractivity contribution in [3.8, 4) is 11.8 Å². The monoisotopic (exact) mass is 439 g/mol. The molecule has 0 amide bonds. The normalized spacial score (nSPS) is 12.5. The standard InChI is InChI=1S/C16H20F3N3.HI/c1-4-12(2)22-15(20-3)21-10-6-8-13-7-5-9-14(11-13)16(17,18)19;/h5,7,9,11-12H,4,10H2,1-3H3,(H2,20,21,22);1H. The number of hydrogen-bond donors (Lipinski definition) is 2. The van der Waals surface area contributed by atoms with Crippen LogP contribution in [-0.2, 0) is 6.18 Å². The van der Waals surface area contributed by atoms with Crippen LogP contribution in [0.2, 0.25) is 0 Å². The summed E-state index contributed by atoms with van der Waals surface area (Å²) in [5, 5.41) is 6.16. The van der Waals surface area contributed by atoms with Crippen LogP contribution in [0.4, 0.5) is 13.2 Å². The van der Waals surface area contributed by atoms with Gasteiger partial charge < -0.3 is 10.6 Å². The lowest BCUT2D eigenvalue weighted by atomic mass is 10.1. The molecule has 1 unspecified atom stereocenters. The molecule has 0 bridgehead atoms. The molecule has 1 rings (SSSR count). The van der Waals surface area contributed by atoms with Crippen LogP contribution >= 0.6 is 24.0 Å². The first-order valence-corrected chi connectivity index (χ1v) is 7.00. The van der Waals surface area contributed by atoms with Crippen LogP contribution in [0.1, 0.15) is 31.4 Å². The second-order valence-electron chi connectivity index (χ2n) is 4.76. The fourth-order valence-corrected chi connectivity index (χ4v) is 1.58. The fraction of sp³-hybridized carbons (Fsp3) is 0.438. The van der Waals surface area contributed by atoms with Crippen molar-refractivity contribution in [2.45, 2.75) is 32.5 Å². The zero-order chi connectivity index (χ0) is 16.6. The molecule has 0 radical (unpaired) electrons. The van der Waals surface area contributed by atoms with E-state index in [1.165, 1.54) is 6.07 Å². The second kappa shape index (κ2) is 10.4. The van der Waals surface area contributed by atoms with E-state index < -0.39 is 11.7 Å². The minimum absolute atomic E-state index is 0. The Morgan fingerprint density at radius 2 is 2.04 bits per heavy atom. The zero-order valence-corrected chi connectivity index (χ0v) is 15.6. The Hall–Kier alpha value is -1.43. The van der Waals surface area contributed by atoms with Gasteiger partial charge in [0.05, 0.1) is 12.1 Å². The minimum Gasteiger partial charge on any atom is -0.354 e. The SMILES string of the molecule is CCC(C)NC(=NC)NCC#Cc1cccc(C(F)(F)F)c1.I. The molecule has 7 heteroatoms. The average Bonchev–Trinajstić information content (AvgIpc) is 2.49. The molecule has 3 nitrogen and oxygen atoms in total. The van der Waals surface area contributed by atoms with Crippen LogP contribution in [0.5, 0.6) is 0 Å². The zero-order valence-electron chi connectivity index (χ0n) is 13.3. The third kappa shape index (κ3) is 8.11. The maximum Gasteiger partial charge on any atom is 0.416 e. The number of nitrogens with one attached hydrogen (secondary N) is 2. The van der Waals surface area contributed by atoms with Gasteiger partial charge in [-0.1, -0.05) is 24.8 Å². The number of benzene rings is 1. The Labute approximate surface area is 152 Å². The molecule has 0 spiro atoms. The molecule has 0 saturated carbocycles. The average molecular weight is 439 g/mol. The number of alkyl halides is 3. The van der Waals surface area contributed by atoms with Gasteiger partial charge in [0.2, 0.25) is 0 Å². The van der Waals surface area contributed by atoms with Crippen LogP contribution in [0.25, 0.3) is 0 Å². The summed E-state index contributed by atoms with van der Waals surface area (Å²) in [7, 11) is 1.65. The first kappa shape index (κ1) is 21.6. The Bertz CT molecular complexity index is 574. The molecule has 23 heavy (non-hydrogen) atoms. The number of halogens is 4. The smallest absolute Gasteiger partial charge is 0.354 e. The van der Waals surface area contributed by atoms with Gasteiger partial charge in [0, 0.05) is 18.7 Å². The minimum atomic E-state index is -4.35. The maximum atomic E-state index is 12.6. The number of nitrogens with zero attached hydrogens (tertiary/aromatic N) is 1. The highest BCUT2D eigenvalue weighted by Gasteiger charge is 2.30. The number of rotatable bonds is 3. The summed E-state index contributed by atoms with van der Waals surface area (Å²) in [5.74, 6) is 6.11. The Morgan fingerprint density at radius 3 is 2.61 bits per heavy atom. The van der Waals surface area contributed by atoms with E-state index in [1.807, 2.05) is 6.92 Å². The second-order valence-corrected chi connectivity index (χ2v) is 4.76. The molecule has 0 saturated heterocycles. The summed E-state index contributed by atoms with van der Waals surface area (Å²) in [4.78, 5) is 4.04. The molecular formula is C16H21F3IN3. The van der Waals surface area contributed by atoms with Crippen LogP contribution in [0.15, 0.2) is 29.3 Å². The van der Waals surface area contributed by atoms with Crippen molar-refractivity contribution in [2.24, 2.45) is 4.99 Å². The molecule has 0 fully saturated rings. The third-order valence-electron chi connectivity index (χ3n) is 2.99. The molecule has 2 N–H and O–H groups in total. The molecule has 1 aromatic rings. The summed E-state index contributed by atoms with van der Waals surface area (Å²) >= 11 is 0. The molecule has 0 heterocycles. The van der Waals surface area contributed by atoms with Crippen molar-refractivity contribution < 1.29 is 13.2 Å². The summed E-state index contributed by atoms with van der Waals surface area (Å²) in [6.45, 7) is 4.38. The predicted octanol–water partition coefficient (Wildman–Crippen LogP) is 3.64. The Morgan fingerprint density at radius 1 is 1.35 bits per heavy atom. The Kier molecular flexibility index (Phi) is 9.72. The summed E-state index contributed by atoms with van der Waals surface area (Å²) in [6, 6.07) is 5.25. The van der Waals surface area contributed by atoms with Crippen LogP contribution in [0.3, 0.4) is 0 Å². The topological polar surface area (TPSA) is 36.4 Å². The quantitative estimate of drug-likeness (QED) is 0.327. The van der Waals surface area contributed by atoms with Gasteiger partial charge in [-0.05, 0) is 31.5 Å². The molecular weight excluding hydrogens is 418 g/mol. The van der Waals surface area contributed by atoms with E-state index in [0.717, 1.165) is 18.6 Å². The summed E-state index contributed by atoms with van der Waals surface area (Å²) in [6.07, 6.45) is -3.39. The van der Waals surface area contributed by atoms with Crippen LogP contribution in [-0.4, -0.2) is 25.6 Å². The van der Waals surface area contributed by atoms with E-state index in [4.69, 9.17) is 0 Å². The molecule has 0 aromatic heterocycles. The molecule has 1 aromatic carbocycles. The lowest BCUT2D eigenvalue weighted by molar-refractivity contribution is -0.137. The lowest BCUT2D eigenvalue weighted by Crippen LogP contribution is -2.42. The van der Waals surface area contributed by atoms with Gasteiger partial charge in [-0.15, -0.1) is 24.0 Å². The van der Waals surface area contributed by atoms with E-state index in [-0.39, 0.29) is 30.0 Å². The molecule has 1 atom stereocenters. The van der Waals surface area contributed by atoms with Gasteiger partial charge in [0.15, 0.2) is 5.96 Å². The van der Waals surface area contributed by atoms with Crippen molar-refractivity contribution in [1.82, 2.24) is 10.6 Å². The Balaban J connectivity index is 0.00000484. The number of guanidine groups is 1. The van der Waals surface area contributed by atoms with Gasteiger partial charge in [0.1, 0.15) is 0 Å². The van der Waals surface area contributed by atoms with Crippen molar-refractivity contribution in [3.63, 3.8) is 0 Å². The van der Waals surface area contributed by atoms with Crippen molar-refractivity contribution >= 4 is 29.9 Å². The largest absolute Gasteiger partial charge is 0.416 e. The van der Waals surface area contributed by atoms with Crippen molar-refractivity contribution in [3.05, 3.63) is 35.4 Å². The van der Waals surface area contributed by atoms with E-state index in [9.17, 15) is 13.2 Å². The van der Waals surface area contributed by atoms with Crippen LogP contribution < -0.4 is 10.6 Å². The van der Waals surface area contributed by atoms with Crippen molar-refractivity contribution in [2.75, 3.05) is 13.6 Å². The van der Waals surface area contributed by atoms with E-state index in [2.05, 4.69) is 34.4 Å². The van der Waals surface area contributed by atoms with Gasteiger partial charge in [0.25, 0.3) is 0 Å². The van der Waals surface area contributed by atoms with Gasteiger partial charge >= 0.3 is 6.18 Å². The highest BCUT2D eigenvalue weighted by Crippen LogP contribution is 2.29. The summed E-state index contributed by atoms with van der Waals surface area (Å²) < 4.78 is 37.7. The van der Waals surface area contributed by atoms with E-state index >= 15 is 0 Å². The van der Waals surface area contributed by atoms with E-state index in [1.54, 1.807) is 13.1 Å². The predicted molar refractivity (Wildman–Crippen MR) is 98.0 cm³/mol. The van der Waals surface area contributed by atoms with Crippen molar-refractivity contribution in [1.29, 1.82) is 0 Å². The van der Waals surface area contributed by atoms with Gasteiger partial charge in [-0.3, -0.25) is 4.99 Å². The fourth-order valence-electron chi connectivity index (χ4n) is 1.58. The van der Waals surface area contributed by atoms with E-state index in [0.29, 0.717) is 18.1 Å². The highest BCUT2D eigenvalue weighted by atomic mass is 127. The summed E-state index contributed by atoms with van der Waals surface area (Å²) in [5.41, 5.74) is -0.358. The molecule has 0 aliphatic heterocycles. The number of hydrogen-bond acceptors (Lipinski definition) is 1. The molecule has 0 aliphatic rings. The third-order valence-corrected chi connectivity index (χ3v) is 2.99. The maximum absolute atomic E-state index is 12.6. The first-order valence-electron chi connectivity index (χ1n) is 7.00. The van der Waals surface area contributed by atoms with Gasteiger partial charge in [-0.25, -0.2) is 0 Å². The van der Waals surface area contributed by atoms with Crippen LogP contribution in [0, 0.1) is 11.8 Å². The number of aliphatic imine (C=N–C) groups is 1. The molecule has 0 aliphatic carbocycles. The molecule has 128 valence electrons. The van der Waals surface area contributed by atoms with Gasteiger partial charge in [-0.2, -0.15) is 13.2 Å². The highest BCUT2D eigenvalue weighted by molar-refractivity contribution is 14.0.